The molecule has 4 aliphatic rings. The molecule has 0 aliphatic carbocycles. The molecule has 0 bridgehead atoms. The van der Waals surface area contributed by atoms with Crippen LogP contribution in [0.3, 0.4) is 0 Å². The van der Waals surface area contributed by atoms with Crippen LogP contribution in [0.15, 0.2) is 54.7 Å². The Morgan fingerprint density at radius 2 is 1.67 bits per heavy atom. The minimum absolute atomic E-state index is 0.0527. The summed E-state index contributed by atoms with van der Waals surface area (Å²) in [7, 11) is 0. The van der Waals surface area contributed by atoms with Crippen LogP contribution >= 0.6 is 0 Å². The molecule has 286 valence electrons. The third-order valence-corrected chi connectivity index (χ3v) is 10.7. The Labute approximate surface area is 314 Å². The maximum atomic E-state index is 13.4. The first-order valence-electron chi connectivity index (χ1n) is 18.2. The molecule has 55 heavy (non-hydrogen) atoms. The van der Waals surface area contributed by atoms with Gasteiger partial charge in [0, 0.05) is 56.9 Å². The Balaban J connectivity index is 0.834. The maximum Gasteiger partial charge on any atom is 0.417 e. The monoisotopic (exact) mass is 757 g/mol. The molecule has 7 rings (SSSR count). The molecule has 0 spiro atoms. The minimum atomic E-state index is -4.63. The van der Waals surface area contributed by atoms with Crippen molar-refractivity contribution in [2.24, 2.45) is 5.92 Å². The summed E-state index contributed by atoms with van der Waals surface area (Å²) in [5, 5.41) is 14.1. The molecule has 3 aromatic rings. The Morgan fingerprint density at radius 1 is 0.927 bits per heavy atom. The number of halogens is 3. The number of hydrogen-bond acceptors (Lipinski definition) is 10. The number of carbonyl (C=O) groups is 5. The van der Waals surface area contributed by atoms with Gasteiger partial charge in [-0.05, 0) is 86.6 Å². The van der Waals surface area contributed by atoms with E-state index in [1.165, 1.54) is 12.1 Å². The highest BCUT2D eigenvalue weighted by molar-refractivity contribution is 6.23. The molecule has 1 aromatic heterocycles. The van der Waals surface area contributed by atoms with E-state index >= 15 is 0 Å². The van der Waals surface area contributed by atoms with Crippen LogP contribution in [0, 0.1) is 17.2 Å². The summed E-state index contributed by atoms with van der Waals surface area (Å²) in [6, 6.07) is 12.7. The molecule has 4 aliphatic heterocycles. The predicted octanol–water partition coefficient (Wildman–Crippen LogP) is 4.31. The molecule has 3 fully saturated rings. The Kier molecular flexibility index (Phi) is 10.6. The lowest BCUT2D eigenvalue weighted by Gasteiger charge is -2.33. The quantitative estimate of drug-likeness (QED) is 0.301. The first-order valence-corrected chi connectivity index (χ1v) is 18.2. The number of anilines is 2. The van der Waals surface area contributed by atoms with Crippen LogP contribution in [0.2, 0.25) is 0 Å². The number of imide groups is 2. The second kappa shape index (κ2) is 15.5. The zero-order valence-corrected chi connectivity index (χ0v) is 29.7. The van der Waals surface area contributed by atoms with E-state index in [1.54, 1.807) is 41.4 Å². The van der Waals surface area contributed by atoms with Crippen molar-refractivity contribution in [1.29, 1.82) is 5.26 Å². The molecular weight excluding hydrogens is 719 g/mol. The Hall–Kier alpha value is -5.82. The Morgan fingerprint density at radius 3 is 2.35 bits per heavy atom. The molecule has 0 radical (unpaired) electrons. The SMILES string of the molecule is N#Cc1ccc(N2CCC(C(=O)Nc3ccc(CCN4CCC(Oc5ccc6c(c5)C(=O)N(C5CCC(=O)NC5=O)C6=O)CC4)cn3)CC2)cc1C(F)(F)F. The topological polar surface area (TPSA) is 165 Å². The number of aromatic nitrogens is 1. The summed E-state index contributed by atoms with van der Waals surface area (Å²) in [6.07, 6.45) is 0.365. The van der Waals surface area contributed by atoms with E-state index in [0.29, 0.717) is 43.2 Å². The van der Waals surface area contributed by atoms with Crippen molar-refractivity contribution in [3.8, 4) is 11.8 Å². The molecule has 2 aromatic carbocycles. The van der Waals surface area contributed by atoms with Gasteiger partial charge in [-0.15, -0.1) is 0 Å². The van der Waals surface area contributed by atoms with Crippen molar-refractivity contribution in [2.45, 2.75) is 63.3 Å². The van der Waals surface area contributed by atoms with Crippen LogP contribution in [0.4, 0.5) is 24.7 Å². The standard InChI is InChI=1S/C39H38F3N7O6/c40-39(41,42)31-19-26(3-2-25(31)21-43)48-17-10-24(11-18-48)35(51)45-33-7-1-23(22-44-33)9-14-47-15-12-27(13-16-47)55-28-4-5-29-30(20-28)38(54)49(37(29)53)32-6-8-34(50)46-36(32)52/h1-5,7,19-20,22,24,27,32H,6,8-18H2,(H,44,45,51)(H,46,50,52). The molecule has 2 N–H and O–H groups in total. The smallest absolute Gasteiger partial charge is 0.417 e. The molecule has 0 saturated carbocycles. The summed E-state index contributed by atoms with van der Waals surface area (Å²) in [5.41, 5.74) is 0.378. The summed E-state index contributed by atoms with van der Waals surface area (Å²) in [6.45, 7) is 3.20. The number of ether oxygens (including phenoxy) is 1. The predicted molar refractivity (Wildman–Crippen MR) is 191 cm³/mol. The second-order valence-corrected chi connectivity index (χ2v) is 14.2. The number of rotatable bonds is 9. The number of likely N-dealkylation sites (tertiary alicyclic amines) is 1. The number of nitrogens with one attached hydrogen (secondary N) is 2. The third kappa shape index (κ3) is 8.16. The van der Waals surface area contributed by atoms with Gasteiger partial charge in [0.2, 0.25) is 17.7 Å². The van der Waals surface area contributed by atoms with Gasteiger partial charge in [0.25, 0.3) is 11.8 Å². The van der Waals surface area contributed by atoms with Gasteiger partial charge in [0.05, 0.1) is 28.3 Å². The third-order valence-electron chi connectivity index (χ3n) is 10.7. The summed E-state index contributed by atoms with van der Waals surface area (Å²) < 4.78 is 46.5. The fraction of sp³-hybridized carbons (Fsp3) is 0.410. The second-order valence-electron chi connectivity index (χ2n) is 14.2. The number of benzene rings is 2. The highest BCUT2D eigenvalue weighted by Gasteiger charge is 2.45. The number of nitriles is 1. The molecule has 13 nitrogen and oxygen atoms in total. The molecule has 3 saturated heterocycles. The van der Waals surface area contributed by atoms with E-state index in [-0.39, 0.29) is 41.9 Å². The van der Waals surface area contributed by atoms with Crippen LogP contribution in [-0.2, 0) is 27.0 Å². The van der Waals surface area contributed by atoms with Crippen molar-refractivity contribution in [2.75, 3.05) is 42.9 Å². The van der Waals surface area contributed by atoms with Crippen LogP contribution in [0.5, 0.6) is 5.75 Å². The lowest BCUT2D eigenvalue weighted by molar-refractivity contribution is -0.138. The van der Waals surface area contributed by atoms with Gasteiger partial charge in [-0.3, -0.25) is 34.2 Å². The van der Waals surface area contributed by atoms with Crippen molar-refractivity contribution >= 4 is 41.0 Å². The van der Waals surface area contributed by atoms with Gasteiger partial charge in [-0.25, -0.2) is 4.98 Å². The van der Waals surface area contributed by atoms with E-state index in [0.717, 1.165) is 55.4 Å². The number of hydrogen-bond donors (Lipinski definition) is 2. The fourth-order valence-electron chi connectivity index (χ4n) is 7.59. The zero-order chi connectivity index (χ0) is 38.9. The average Bonchev–Trinajstić information content (AvgIpc) is 3.42. The number of fused-ring (bicyclic) bond motifs is 1. The number of carbonyl (C=O) groups excluding carboxylic acids is 5. The Bertz CT molecular complexity index is 2050. The number of pyridine rings is 1. The highest BCUT2D eigenvalue weighted by Crippen LogP contribution is 2.36. The van der Waals surface area contributed by atoms with Gasteiger partial charge in [0.1, 0.15) is 23.7 Å². The van der Waals surface area contributed by atoms with Crippen molar-refractivity contribution < 1.29 is 41.9 Å². The highest BCUT2D eigenvalue weighted by atomic mass is 19.4. The van der Waals surface area contributed by atoms with E-state index in [4.69, 9.17) is 10.00 Å². The van der Waals surface area contributed by atoms with Crippen molar-refractivity contribution in [1.82, 2.24) is 20.1 Å². The molecule has 16 heteroatoms. The number of nitrogens with zero attached hydrogens (tertiary/aromatic N) is 5. The number of alkyl halides is 3. The van der Waals surface area contributed by atoms with Gasteiger partial charge in [-0.1, -0.05) is 6.07 Å². The fourth-order valence-corrected chi connectivity index (χ4v) is 7.59. The summed E-state index contributed by atoms with van der Waals surface area (Å²) >= 11 is 0. The van der Waals surface area contributed by atoms with Crippen LogP contribution in [-0.4, -0.2) is 89.2 Å². The van der Waals surface area contributed by atoms with Gasteiger partial charge < -0.3 is 19.9 Å². The van der Waals surface area contributed by atoms with Crippen LogP contribution in [0.1, 0.15) is 75.9 Å². The van der Waals surface area contributed by atoms with E-state index < -0.39 is 47.0 Å². The largest absolute Gasteiger partial charge is 0.490 e. The molecule has 1 unspecified atom stereocenters. The zero-order valence-electron chi connectivity index (χ0n) is 29.7. The molecule has 5 heterocycles. The average molecular weight is 758 g/mol. The van der Waals surface area contributed by atoms with Crippen molar-refractivity contribution in [3.63, 3.8) is 0 Å². The maximum absolute atomic E-state index is 13.4. The molecular formula is C39H38F3N7O6. The molecule has 1 atom stereocenters. The van der Waals surface area contributed by atoms with Gasteiger partial charge in [0.15, 0.2) is 0 Å². The summed E-state index contributed by atoms with van der Waals surface area (Å²) in [4.78, 5) is 72.5. The van der Waals surface area contributed by atoms with Gasteiger partial charge in [-0.2, -0.15) is 18.4 Å². The lowest BCUT2D eigenvalue weighted by atomic mass is 9.95. The molecule has 5 amide bonds. The first-order chi connectivity index (χ1) is 26.4. The first kappa shape index (κ1) is 37.5. The van der Waals surface area contributed by atoms with Crippen LogP contribution in [0.25, 0.3) is 0 Å². The lowest BCUT2D eigenvalue weighted by Crippen LogP contribution is -2.54. The van der Waals surface area contributed by atoms with Crippen LogP contribution < -0.4 is 20.3 Å². The number of piperidine rings is 3. The van der Waals surface area contributed by atoms with E-state index in [9.17, 15) is 37.1 Å². The number of amides is 5. The van der Waals surface area contributed by atoms with E-state index in [1.807, 2.05) is 6.07 Å². The summed E-state index contributed by atoms with van der Waals surface area (Å²) in [5.74, 6) is -1.81. The van der Waals surface area contributed by atoms with E-state index in [2.05, 4.69) is 20.5 Å². The minimum Gasteiger partial charge on any atom is -0.490 e. The van der Waals surface area contributed by atoms with Crippen molar-refractivity contribution in [3.05, 3.63) is 82.5 Å². The van der Waals surface area contributed by atoms with Gasteiger partial charge >= 0.3 is 6.18 Å². The normalized spacial score (nSPS) is 19.9.